The van der Waals surface area contributed by atoms with Gasteiger partial charge in [-0.05, 0) is 62.2 Å². The zero-order chi connectivity index (χ0) is 20.4. The molecule has 6 heteroatoms. The lowest BCUT2D eigenvalue weighted by Crippen LogP contribution is -2.48. The second-order valence-electron chi connectivity index (χ2n) is 7.52. The van der Waals surface area contributed by atoms with Crippen molar-refractivity contribution in [1.29, 1.82) is 0 Å². The normalized spacial score (nSPS) is 19.2. The number of aromatic nitrogens is 2. The Labute approximate surface area is 170 Å². The fourth-order valence-electron chi connectivity index (χ4n) is 3.88. The Morgan fingerprint density at radius 3 is 2.52 bits per heavy atom. The van der Waals surface area contributed by atoms with E-state index in [1.54, 1.807) is 7.11 Å². The van der Waals surface area contributed by atoms with Crippen LogP contribution < -0.4 is 10.5 Å². The quantitative estimate of drug-likeness (QED) is 0.740. The molecule has 150 valence electrons. The molecule has 2 heterocycles. The molecule has 29 heavy (non-hydrogen) atoms. The van der Waals surface area contributed by atoms with Gasteiger partial charge in [0.2, 0.25) is 0 Å². The predicted molar refractivity (Wildman–Crippen MR) is 113 cm³/mol. The highest BCUT2D eigenvalue weighted by Crippen LogP contribution is 2.27. The van der Waals surface area contributed by atoms with Crippen molar-refractivity contribution in [3.05, 3.63) is 66.4 Å². The van der Waals surface area contributed by atoms with Crippen molar-refractivity contribution in [2.45, 2.75) is 31.8 Å². The summed E-state index contributed by atoms with van der Waals surface area (Å²) in [6.45, 7) is 2.72. The Morgan fingerprint density at radius 1 is 1.14 bits per heavy atom. The SMILES string of the molecule is COc1ccc(-c2cc(C(=O)N3CC[C@@H](N)C[C@H]3C)nn2-c2ccccc2)cc1. The molecule has 1 aromatic heterocycles. The molecular weight excluding hydrogens is 364 g/mol. The van der Waals surface area contributed by atoms with Gasteiger partial charge in [-0.2, -0.15) is 5.10 Å². The summed E-state index contributed by atoms with van der Waals surface area (Å²) in [6, 6.07) is 19.8. The smallest absolute Gasteiger partial charge is 0.274 e. The van der Waals surface area contributed by atoms with Crippen LogP contribution in [0.3, 0.4) is 0 Å². The van der Waals surface area contributed by atoms with Crippen LogP contribution in [0.25, 0.3) is 16.9 Å². The van der Waals surface area contributed by atoms with Gasteiger partial charge in [-0.25, -0.2) is 4.68 Å². The number of amides is 1. The third-order valence-corrected chi connectivity index (χ3v) is 5.49. The Balaban J connectivity index is 1.74. The van der Waals surface area contributed by atoms with E-state index in [4.69, 9.17) is 15.6 Å². The lowest BCUT2D eigenvalue weighted by Gasteiger charge is -2.35. The number of nitrogens with two attached hydrogens (primary N) is 1. The maximum Gasteiger partial charge on any atom is 0.274 e. The number of benzene rings is 2. The fourth-order valence-corrected chi connectivity index (χ4v) is 3.88. The number of nitrogens with zero attached hydrogens (tertiary/aromatic N) is 3. The van der Waals surface area contributed by atoms with Gasteiger partial charge in [-0.1, -0.05) is 18.2 Å². The van der Waals surface area contributed by atoms with Crippen molar-refractivity contribution >= 4 is 5.91 Å². The molecule has 2 atom stereocenters. The molecule has 0 radical (unpaired) electrons. The van der Waals surface area contributed by atoms with E-state index in [1.165, 1.54) is 0 Å². The zero-order valence-electron chi connectivity index (χ0n) is 16.8. The lowest BCUT2D eigenvalue weighted by molar-refractivity contribution is 0.0612. The number of rotatable bonds is 4. The van der Waals surface area contributed by atoms with Crippen molar-refractivity contribution < 1.29 is 9.53 Å². The standard InChI is InChI=1S/C23H26N4O2/c1-16-14-18(24)12-13-26(16)23(28)21-15-22(17-8-10-20(29-2)11-9-17)27(25-21)19-6-4-3-5-7-19/h3-11,15-16,18H,12-14,24H2,1-2H3/t16-,18-/m1/s1. The van der Waals surface area contributed by atoms with Crippen LogP contribution in [0.2, 0.25) is 0 Å². The summed E-state index contributed by atoms with van der Waals surface area (Å²) in [5.41, 5.74) is 9.25. The first-order valence-electron chi connectivity index (χ1n) is 9.93. The van der Waals surface area contributed by atoms with Gasteiger partial charge in [0.1, 0.15) is 5.75 Å². The molecule has 1 aliphatic heterocycles. The summed E-state index contributed by atoms with van der Waals surface area (Å²) in [4.78, 5) is 15.1. The summed E-state index contributed by atoms with van der Waals surface area (Å²) < 4.78 is 7.10. The van der Waals surface area contributed by atoms with E-state index in [2.05, 4.69) is 6.92 Å². The Bertz CT molecular complexity index is 982. The van der Waals surface area contributed by atoms with E-state index in [9.17, 15) is 4.79 Å². The highest BCUT2D eigenvalue weighted by atomic mass is 16.5. The summed E-state index contributed by atoms with van der Waals surface area (Å²) >= 11 is 0. The topological polar surface area (TPSA) is 73.4 Å². The first kappa shape index (κ1) is 19.2. The summed E-state index contributed by atoms with van der Waals surface area (Å²) in [5, 5.41) is 4.69. The molecule has 0 saturated carbocycles. The first-order chi connectivity index (χ1) is 14.1. The Hall–Kier alpha value is -3.12. The van der Waals surface area contributed by atoms with Crippen LogP contribution in [-0.2, 0) is 0 Å². The number of piperidine rings is 1. The zero-order valence-corrected chi connectivity index (χ0v) is 16.8. The highest BCUT2D eigenvalue weighted by Gasteiger charge is 2.29. The number of methoxy groups -OCH3 is 1. The molecule has 1 aliphatic rings. The average Bonchev–Trinajstić information content (AvgIpc) is 3.19. The molecular formula is C23H26N4O2. The second-order valence-corrected chi connectivity index (χ2v) is 7.52. The van der Waals surface area contributed by atoms with Crippen LogP contribution in [0, 0.1) is 0 Å². The molecule has 0 aliphatic carbocycles. The van der Waals surface area contributed by atoms with Crippen molar-refractivity contribution in [3.63, 3.8) is 0 Å². The van der Waals surface area contributed by atoms with Crippen LogP contribution in [0.5, 0.6) is 5.75 Å². The van der Waals surface area contributed by atoms with Gasteiger partial charge < -0.3 is 15.4 Å². The predicted octanol–water partition coefficient (Wildman–Crippen LogP) is 3.50. The number of para-hydroxylation sites is 1. The Morgan fingerprint density at radius 2 is 1.86 bits per heavy atom. The third kappa shape index (κ3) is 3.89. The van der Waals surface area contributed by atoms with Crippen molar-refractivity contribution in [2.24, 2.45) is 5.73 Å². The maximum absolute atomic E-state index is 13.2. The first-order valence-corrected chi connectivity index (χ1v) is 9.93. The third-order valence-electron chi connectivity index (χ3n) is 5.49. The molecule has 4 rings (SSSR count). The van der Waals surface area contributed by atoms with Crippen LogP contribution >= 0.6 is 0 Å². The largest absolute Gasteiger partial charge is 0.497 e. The number of hydrogen-bond acceptors (Lipinski definition) is 4. The monoisotopic (exact) mass is 390 g/mol. The van der Waals surface area contributed by atoms with Crippen LogP contribution in [0.15, 0.2) is 60.7 Å². The van der Waals surface area contributed by atoms with E-state index in [1.807, 2.05) is 70.2 Å². The Kier molecular flexibility index (Phi) is 5.36. The van der Waals surface area contributed by atoms with Gasteiger partial charge in [0, 0.05) is 24.2 Å². The van der Waals surface area contributed by atoms with Crippen LogP contribution in [0.4, 0.5) is 0 Å². The average molecular weight is 390 g/mol. The minimum absolute atomic E-state index is 0.0474. The minimum Gasteiger partial charge on any atom is -0.497 e. The van der Waals surface area contributed by atoms with E-state index < -0.39 is 0 Å². The van der Waals surface area contributed by atoms with Crippen LogP contribution in [-0.4, -0.2) is 46.3 Å². The molecule has 1 amide bonds. The highest BCUT2D eigenvalue weighted by molar-refractivity contribution is 5.94. The van der Waals surface area contributed by atoms with Gasteiger partial charge >= 0.3 is 0 Å². The van der Waals surface area contributed by atoms with E-state index in [-0.39, 0.29) is 18.0 Å². The number of hydrogen-bond donors (Lipinski definition) is 1. The summed E-state index contributed by atoms with van der Waals surface area (Å²) in [6.07, 6.45) is 1.64. The molecule has 0 bridgehead atoms. The van der Waals surface area contributed by atoms with Gasteiger partial charge in [0.15, 0.2) is 5.69 Å². The van der Waals surface area contributed by atoms with E-state index in [0.29, 0.717) is 12.2 Å². The van der Waals surface area contributed by atoms with Gasteiger partial charge in [-0.15, -0.1) is 0 Å². The fraction of sp³-hybridized carbons (Fsp3) is 0.304. The number of carbonyl (C=O) groups excluding carboxylic acids is 1. The molecule has 0 unspecified atom stereocenters. The molecule has 2 aromatic carbocycles. The molecule has 2 N–H and O–H groups in total. The van der Waals surface area contributed by atoms with Gasteiger partial charge in [0.05, 0.1) is 18.5 Å². The van der Waals surface area contributed by atoms with Crippen molar-refractivity contribution in [2.75, 3.05) is 13.7 Å². The molecule has 1 fully saturated rings. The number of ether oxygens (including phenoxy) is 1. The van der Waals surface area contributed by atoms with E-state index in [0.717, 1.165) is 35.5 Å². The van der Waals surface area contributed by atoms with E-state index >= 15 is 0 Å². The van der Waals surface area contributed by atoms with Crippen molar-refractivity contribution in [3.8, 4) is 22.7 Å². The number of carbonyl (C=O) groups is 1. The minimum atomic E-state index is -0.0474. The van der Waals surface area contributed by atoms with Gasteiger partial charge in [-0.3, -0.25) is 4.79 Å². The van der Waals surface area contributed by atoms with Crippen LogP contribution in [0.1, 0.15) is 30.3 Å². The second kappa shape index (κ2) is 8.09. The summed E-state index contributed by atoms with van der Waals surface area (Å²) in [5.74, 6) is 0.739. The molecule has 0 spiro atoms. The lowest BCUT2D eigenvalue weighted by atomic mass is 9.99. The van der Waals surface area contributed by atoms with Gasteiger partial charge in [0.25, 0.3) is 5.91 Å². The molecule has 6 nitrogen and oxygen atoms in total. The number of likely N-dealkylation sites (tertiary alicyclic amines) is 1. The summed E-state index contributed by atoms with van der Waals surface area (Å²) in [7, 11) is 1.64. The molecule has 1 saturated heterocycles. The molecule has 3 aromatic rings. The van der Waals surface area contributed by atoms with Crippen molar-refractivity contribution in [1.82, 2.24) is 14.7 Å². The maximum atomic E-state index is 13.2.